The molecule has 0 bridgehead atoms. The SMILES string of the molecule is [2H]C1=C[C@@]2(c3ccc(OC)c(OC)c3)CCN(C)[C@H]2C([2H])[C@@H]1O. The van der Waals surface area contributed by atoms with Crippen molar-refractivity contribution < 1.29 is 17.3 Å². The smallest absolute Gasteiger partial charge is 0.161 e. The maximum atomic E-state index is 10.1. The summed E-state index contributed by atoms with van der Waals surface area (Å²) in [5, 5.41) is 10.1. The van der Waals surface area contributed by atoms with Gasteiger partial charge >= 0.3 is 0 Å². The van der Waals surface area contributed by atoms with Crippen LogP contribution in [0.4, 0.5) is 0 Å². The van der Waals surface area contributed by atoms with Gasteiger partial charge in [0.2, 0.25) is 0 Å². The predicted molar refractivity (Wildman–Crippen MR) is 82.0 cm³/mol. The normalized spacial score (nSPS) is 37.3. The van der Waals surface area contributed by atoms with E-state index in [1.807, 2.05) is 31.3 Å². The first-order chi connectivity index (χ1) is 10.9. The van der Waals surface area contributed by atoms with Gasteiger partial charge in [-0.15, -0.1) is 0 Å². The van der Waals surface area contributed by atoms with Crippen LogP contribution >= 0.6 is 0 Å². The van der Waals surface area contributed by atoms with E-state index in [2.05, 4.69) is 4.90 Å². The van der Waals surface area contributed by atoms with Crippen LogP contribution in [0.1, 0.15) is 21.1 Å². The van der Waals surface area contributed by atoms with Crippen molar-refractivity contribution in [3.05, 3.63) is 35.9 Å². The molecule has 1 fully saturated rings. The summed E-state index contributed by atoms with van der Waals surface area (Å²) >= 11 is 0. The van der Waals surface area contributed by atoms with Crippen molar-refractivity contribution >= 4 is 0 Å². The number of methoxy groups -OCH3 is 2. The van der Waals surface area contributed by atoms with Gasteiger partial charge in [0, 0.05) is 12.8 Å². The number of rotatable bonds is 3. The Labute approximate surface area is 128 Å². The maximum absolute atomic E-state index is 10.1. The molecule has 114 valence electrons. The number of hydrogen-bond acceptors (Lipinski definition) is 4. The molecule has 0 spiro atoms. The Bertz CT molecular complexity index is 636. The van der Waals surface area contributed by atoms with Crippen molar-refractivity contribution in [3.8, 4) is 11.5 Å². The number of aliphatic hydroxyl groups excluding tert-OH is 1. The minimum atomic E-state index is -1.03. The standard InChI is InChI=1S/C17H23NO3/c1-18-9-8-17(7-6-13(19)11-16(17)18)12-4-5-14(20-2)15(10-12)21-3/h4-7,10,13,16,19H,8-9,11H2,1-3H3/t13-,16+,17+/m1/s1/i6D,11D/t11?,13-,16+,17+. The van der Waals surface area contributed by atoms with Gasteiger partial charge in [0.15, 0.2) is 11.5 Å². The average molecular weight is 291 g/mol. The number of nitrogens with zero attached hydrogens (tertiary/aromatic N) is 1. The molecule has 0 aromatic heterocycles. The third-order valence-corrected chi connectivity index (χ3v) is 4.68. The molecule has 4 heteroatoms. The van der Waals surface area contributed by atoms with E-state index in [1.165, 1.54) is 0 Å². The van der Waals surface area contributed by atoms with Crippen molar-refractivity contribution in [2.75, 3.05) is 27.8 Å². The summed E-state index contributed by atoms with van der Waals surface area (Å²) < 4.78 is 27.2. The molecule has 1 aromatic carbocycles. The van der Waals surface area contributed by atoms with Gasteiger partial charge in [-0.2, -0.15) is 0 Å². The number of aliphatic hydroxyl groups is 1. The lowest BCUT2D eigenvalue weighted by molar-refractivity contribution is 0.137. The van der Waals surface area contributed by atoms with Gasteiger partial charge in [-0.3, -0.25) is 0 Å². The molecule has 4 atom stereocenters. The van der Waals surface area contributed by atoms with Crippen LogP contribution in [0.5, 0.6) is 11.5 Å². The summed E-state index contributed by atoms with van der Waals surface area (Å²) in [6.07, 6.45) is 0.869. The molecular formula is C17H23NO3. The Kier molecular flexibility index (Phi) is 3.08. The number of benzene rings is 1. The average Bonchev–Trinajstić information content (AvgIpc) is 2.89. The molecule has 0 radical (unpaired) electrons. The number of fused-ring (bicyclic) bond motifs is 1. The van der Waals surface area contributed by atoms with Gasteiger partial charge in [-0.25, -0.2) is 0 Å². The van der Waals surface area contributed by atoms with Crippen LogP contribution in [-0.4, -0.2) is 50.0 Å². The molecular weight excluding hydrogens is 266 g/mol. The molecule has 0 amide bonds. The molecule has 21 heavy (non-hydrogen) atoms. The topological polar surface area (TPSA) is 41.9 Å². The number of hydrogen-bond donors (Lipinski definition) is 1. The highest BCUT2D eigenvalue weighted by Crippen LogP contribution is 2.46. The van der Waals surface area contributed by atoms with E-state index in [0.717, 1.165) is 18.5 Å². The second-order valence-electron chi connectivity index (χ2n) is 5.73. The summed E-state index contributed by atoms with van der Waals surface area (Å²) in [5.41, 5.74) is 0.551. The van der Waals surface area contributed by atoms with E-state index in [4.69, 9.17) is 12.2 Å². The first-order valence-electron chi connectivity index (χ1n) is 8.24. The van der Waals surface area contributed by atoms with Crippen LogP contribution in [0, 0.1) is 0 Å². The maximum Gasteiger partial charge on any atom is 0.161 e. The highest BCUT2D eigenvalue weighted by molar-refractivity contribution is 5.48. The molecule has 1 N–H and O–H groups in total. The lowest BCUT2D eigenvalue weighted by Crippen LogP contribution is -2.44. The summed E-state index contributed by atoms with van der Waals surface area (Å²) in [6.45, 7) is 0.824. The molecule has 1 heterocycles. The highest BCUT2D eigenvalue weighted by Gasteiger charge is 2.48. The lowest BCUT2D eigenvalue weighted by Gasteiger charge is -2.39. The summed E-state index contributed by atoms with van der Waals surface area (Å²) in [6, 6.07) is 5.73. The van der Waals surface area contributed by atoms with Crippen LogP contribution in [0.25, 0.3) is 0 Å². The molecule has 1 saturated heterocycles. The van der Waals surface area contributed by atoms with Gasteiger partial charge in [0.1, 0.15) is 0 Å². The van der Waals surface area contributed by atoms with E-state index in [1.54, 1.807) is 14.2 Å². The molecule has 2 aliphatic rings. The van der Waals surface area contributed by atoms with Crippen molar-refractivity contribution in [1.82, 2.24) is 4.90 Å². The first kappa shape index (κ1) is 12.1. The van der Waals surface area contributed by atoms with Crippen molar-refractivity contribution in [3.63, 3.8) is 0 Å². The zero-order chi connectivity index (χ0) is 16.8. The Morgan fingerprint density at radius 3 is 2.86 bits per heavy atom. The Morgan fingerprint density at radius 2 is 2.14 bits per heavy atom. The fourth-order valence-electron chi connectivity index (χ4n) is 3.50. The molecule has 1 aliphatic heterocycles. The van der Waals surface area contributed by atoms with Crippen LogP contribution in [0.3, 0.4) is 0 Å². The van der Waals surface area contributed by atoms with Gasteiger partial charge in [0.05, 0.1) is 21.7 Å². The van der Waals surface area contributed by atoms with Gasteiger partial charge in [-0.05, 0) is 44.1 Å². The largest absolute Gasteiger partial charge is 0.493 e. The summed E-state index contributed by atoms with van der Waals surface area (Å²) in [7, 11) is 5.17. The van der Waals surface area contributed by atoms with Crippen LogP contribution < -0.4 is 9.47 Å². The van der Waals surface area contributed by atoms with E-state index < -0.39 is 17.9 Å². The molecule has 3 rings (SSSR count). The number of likely N-dealkylation sites (tertiary alicyclic amines) is 1. The second kappa shape index (κ2) is 5.35. The Balaban J connectivity index is 2.15. The van der Waals surface area contributed by atoms with Gasteiger partial charge in [-0.1, -0.05) is 18.2 Å². The van der Waals surface area contributed by atoms with Crippen molar-refractivity contribution in [2.24, 2.45) is 0 Å². The fourth-order valence-corrected chi connectivity index (χ4v) is 3.50. The fraction of sp³-hybridized carbons (Fsp3) is 0.529. The van der Waals surface area contributed by atoms with Crippen LogP contribution in [-0.2, 0) is 5.41 Å². The predicted octanol–water partition coefficient (Wildman–Crippen LogP) is 1.97. The molecule has 1 aliphatic carbocycles. The van der Waals surface area contributed by atoms with E-state index >= 15 is 0 Å². The van der Waals surface area contributed by atoms with Crippen molar-refractivity contribution in [2.45, 2.75) is 30.4 Å². The molecule has 1 aromatic rings. The summed E-state index contributed by atoms with van der Waals surface area (Å²) in [4.78, 5) is 2.11. The molecule has 0 saturated carbocycles. The van der Waals surface area contributed by atoms with Crippen molar-refractivity contribution in [1.29, 1.82) is 0 Å². The van der Waals surface area contributed by atoms with E-state index in [-0.39, 0.29) is 12.1 Å². The number of likely N-dealkylation sites (N-methyl/N-ethyl adjacent to an activating group) is 1. The monoisotopic (exact) mass is 291 g/mol. The highest BCUT2D eigenvalue weighted by atomic mass is 16.5. The first-order valence-corrected chi connectivity index (χ1v) is 7.17. The zero-order valence-electron chi connectivity index (χ0n) is 14.7. The molecule has 4 nitrogen and oxygen atoms in total. The van der Waals surface area contributed by atoms with Gasteiger partial charge < -0.3 is 19.5 Å². The van der Waals surface area contributed by atoms with Crippen LogP contribution in [0.15, 0.2) is 30.3 Å². The second-order valence-corrected chi connectivity index (χ2v) is 5.73. The number of ether oxygens (including phenoxy) is 2. The third kappa shape index (κ3) is 2.23. The minimum absolute atomic E-state index is 0.131. The zero-order valence-corrected chi connectivity index (χ0v) is 12.7. The lowest BCUT2D eigenvalue weighted by atomic mass is 9.69. The van der Waals surface area contributed by atoms with E-state index in [0.29, 0.717) is 11.5 Å². The Hall–Kier alpha value is -1.52. The van der Waals surface area contributed by atoms with Crippen LogP contribution in [0.2, 0.25) is 0 Å². The van der Waals surface area contributed by atoms with Gasteiger partial charge in [0.25, 0.3) is 0 Å². The minimum Gasteiger partial charge on any atom is -0.493 e. The Morgan fingerprint density at radius 1 is 1.38 bits per heavy atom. The third-order valence-electron chi connectivity index (χ3n) is 4.68. The summed E-state index contributed by atoms with van der Waals surface area (Å²) in [5.74, 6) is 1.30. The quantitative estimate of drug-likeness (QED) is 0.865. The van der Waals surface area contributed by atoms with E-state index in [9.17, 15) is 5.11 Å². The molecule has 1 unspecified atom stereocenters.